The maximum absolute atomic E-state index is 16.4. The van der Waals surface area contributed by atoms with E-state index in [9.17, 15) is 19.2 Å². The summed E-state index contributed by atoms with van der Waals surface area (Å²) in [7, 11) is 2.09. The van der Waals surface area contributed by atoms with Crippen LogP contribution in [-0.2, 0) is 16.6 Å². The number of rotatable bonds is 19. The number of carbonyl (C=O) groups excluding carboxylic acids is 4. The lowest BCUT2D eigenvalue weighted by Gasteiger charge is -2.38. The molecule has 6 rings (SSSR count). The number of hydrogen-bond donors (Lipinski definition) is 0. The summed E-state index contributed by atoms with van der Waals surface area (Å²) in [5.74, 6) is 0.757. The number of allylic oxidation sites excluding steroid dienone is 5. The van der Waals surface area contributed by atoms with E-state index in [1.54, 1.807) is 13.0 Å². The highest BCUT2D eigenvalue weighted by Gasteiger charge is 2.26. The molecular formula is C56H76FN5O4. The standard InChI is InChI=1S/C46H58FN5O2.C10H18O2/c1-8-10-11-43(42(47)27-35(9-2)36-12-14-39-41-30-48-32(5)26-44(41)49(7)45(39)28-36)52-20-17-34(18-21-52)16-19-50-22-24-51(25-23-50)37-13-15-38(33(6)53)40(29-37)46(54)31(3)4;1-4-5-10(12)7-6-8(2)9(3)11/h9,11-15,26-31,34H,8,10,16-25H2,1-7H3;8H,4-7H2,1-3H3/b35-9+,42-27+,43-11-;. The number of piperazine rings is 1. The Morgan fingerprint density at radius 1 is 0.848 bits per heavy atom. The minimum atomic E-state index is -0.165. The van der Waals surface area contributed by atoms with Gasteiger partial charge < -0.3 is 14.4 Å². The van der Waals surface area contributed by atoms with Crippen LogP contribution in [0, 0.1) is 24.7 Å². The number of hydrogen-bond acceptors (Lipinski definition) is 8. The third-order valence-electron chi connectivity index (χ3n) is 13.6. The Morgan fingerprint density at radius 3 is 2.17 bits per heavy atom. The number of halogens is 1. The lowest BCUT2D eigenvalue weighted by molar-refractivity contribution is -0.121. The second kappa shape index (κ2) is 24.5. The highest BCUT2D eigenvalue weighted by atomic mass is 19.1. The molecule has 356 valence electrons. The Kier molecular flexibility index (Phi) is 19.2. The molecular weight excluding hydrogens is 826 g/mol. The van der Waals surface area contributed by atoms with Crippen LogP contribution < -0.4 is 4.90 Å². The van der Waals surface area contributed by atoms with Crippen molar-refractivity contribution in [1.29, 1.82) is 0 Å². The van der Waals surface area contributed by atoms with E-state index < -0.39 is 0 Å². The smallest absolute Gasteiger partial charge is 0.166 e. The molecule has 2 fully saturated rings. The fourth-order valence-electron chi connectivity index (χ4n) is 9.17. The first-order valence-electron chi connectivity index (χ1n) is 24.6. The molecule has 2 aliphatic rings. The summed E-state index contributed by atoms with van der Waals surface area (Å²) < 4.78 is 18.6. The molecule has 0 spiro atoms. The first kappa shape index (κ1) is 51.8. The molecule has 2 aliphatic heterocycles. The molecule has 0 amide bonds. The lowest BCUT2D eigenvalue weighted by Crippen LogP contribution is -2.47. The Bertz CT molecular complexity index is 2430. The van der Waals surface area contributed by atoms with Gasteiger partial charge in [-0.25, -0.2) is 4.39 Å². The largest absolute Gasteiger partial charge is 0.369 e. The molecule has 0 N–H and O–H groups in total. The van der Waals surface area contributed by atoms with Gasteiger partial charge in [0, 0.05) is 116 Å². The number of carbonyl (C=O) groups is 4. The Hall–Kier alpha value is -5.22. The molecule has 1 atom stereocenters. The molecule has 10 heteroatoms. The molecule has 0 saturated carbocycles. The quantitative estimate of drug-likeness (QED) is 0.0678. The topological polar surface area (TPSA) is 95.8 Å². The van der Waals surface area contributed by atoms with Gasteiger partial charge in [-0.1, -0.05) is 65.3 Å². The number of piperidine rings is 1. The Balaban J connectivity index is 0.000000597. The van der Waals surface area contributed by atoms with Crippen molar-refractivity contribution in [2.45, 2.75) is 120 Å². The zero-order valence-electron chi connectivity index (χ0n) is 41.6. The van der Waals surface area contributed by atoms with E-state index in [4.69, 9.17) is 0 Å². The fourth-order valence-corrected chi connectivity index (χ4v) is 9.17. The Labute approximate surface area is 394 Å². The summed E-state index contributed by atoms with van der Waals surface area (Å²) in [4.78, 5) is 58.7. The summed E-state index contributed by atoms with van der Waals surface area (Å²) in [5, 5.41) is 2.29. The second-order valence-corrected chi connectivity index (χ2v) is 18.9. The van der Waals surface area contributed by atoms with E-state index in [0.717, 1.165) is 134 Å². The summed E-state index contributed by atoms with van der Waals surface area (Å²) in [5.41, 5.74) is 7.94. The van der Waals surface area contributed by atoms with E-state index in [2.05, 4.69) is 68.6 Å². The summed E-state index contributed by atoms with van der Waals surface area (Å²) in [6, 6.07) is 14.3. The Morgan fingerprint density at radius 2 is 1.55 bits per heavy atom. The van der Waals surface area contributed by atoms with Gasteiger partial charge in [0.25, 0.3) is 0 Å². The van der Waals surface area contributed by atoms with Gasteiger partial charge in [-0.3, -0.25) is 29.1 Å². The number of likely N-dealkylation sites (tertiary alicyclic amines) is 1. The van der Waals surface area contributed by atoms with Crippen molar-refractivity contribution in [3.05, 3.63) is 101 Å². The van der Waals surface area contributed by atoms with E-state index in [1.165, 1.54) is 6.92 Å². The average molecular weight is 902 g/mol. The average Bonchev–Trinajstić information content (AvgIpc) is 3.58. The number of aromatic nitrogens is 2. The number of unbranched alkanes of at least 4 members (excludes halogenated alkanes) is 1. The molecule has 2 aromatic heterocycles. The van der Waals surface area contributed by atoms with E-state index >= 15 is 4.39 Å². The second-order valence-electron chi connectivity index (χ2n) is 18.9. The van der Waals surface area contributed by atoms with Crippen LogP contribution >= 0.6 is 0 Å². The monoisotopic (exact) mass is 902 g/mol. The van der Waals surface area contributed by atoms with Crippen LogP contribution in [0.5, 0.6) is 0 Å². The van der Waals surface area contributed by atoms with Crippen LogP contribution in [0.1, 0.15) is 145 Å². The van der Waals surface area contributed by atoms with Crippen LogP contribution in [0.2, 0.25) is 0 Å². The number of ketones is 4. The van der Waals surface area contributed by atoms with Gasteiger partial charge in [0.15, 0.2) is 11.6 Å². The van der Waals surface area contributed by atoms with Crippen molar-refractivity contribution in [1.82, 2.24) is 19.4 Å². The minimum absolute atomic E-state index is 0.0178. The van der Waals surface area contributed by atoms with Gasteiger partial charge in [0.1, 0.15) is 17.4 Å². The zero-order valence-corrected chi connectivity index (χ0v) is 41.6. The summed E-state index contributed by atoms with van der Waals surface area (Å²) >= 11 is 0. The predicted octanol–water partition coefficient (Wildman–Crippen LogP) is 12.3. The van der Waals surface area contributed by atoms with Gasteiger partial charge in [-0.15, -0.1) is 0 Å². The number of pyridine rings is 1. The zero-order chi connectivity index (χ0) is 48.1. The first-order valence-corrected chi connectivity index (χ1v) is 24.6. The fraction of sp³-hybridized carbons (Fsp3) is 0.518. The van der Waals surface area contributed by atoms with Crippen LogP contribution in [0.4, 0.5) is 10.1 Å². The number of Topliss-reactive ketones (excluding diaryl/α,β-unsaturated/α-hetero) is 4. The summed E-state index contributed by atoms with van der Waals surface area (Å²) in [6.07, 6.45) is 15.7. The SMILES string of the molecule is CCCC(=O)CCC(C)C(C)=O.C\C=C(/C=C(F)\C(=C\CCC)N1CCC(CCN2CCN(c3ccc(C(C)=O)c(C(=O)C(C)C)c3)CC2)CC1)c1ccc2c3cnc(C)cc3n(C)c2c1. The van der Waals surface area contributed by atoms with Crippen molar-refractivity contribution in [3.63, 3.8) is 0 Å². The van der Waals surface area contributed by atoms with E-state index in [1.807, 2.05) is 72.0 Å². The first-order chi connectivity index (χ1) is 31.6. The molecule has 2 saturated heterocycles. The number of aryl methyl sites for hydroxylation is 2. The molecule has 9 nitrogen and oxygen atoms in total. The highest BCUT2D eigenvalue weighted by Crippen LogP contribution is 2.33. The van der Waals surface area contributed by atoms with E-state index in [-0.39, 0.29) is 40.8 Å². The van der Waals surface area contributed by atoms with Crippen molar-refractivity contribution >= 4 is 56.2 Å². The third-order valence-corrected chi connectivity index (χ3v) is 13.6. The van der Waals surface area contributed by atoms with Crippen LogP contribution in [0.3, 0.4) is 0 Å². The molecule has 4 heterocycles. The van der Waals surface area contributed by atoms with Crippen molar-refractivity contribution in [2.75, 3.05) is 50.7 Å². The normalized spacial score (nSPS) is 16.2. The number of anilines is 1. The van der Waals surface area contributed by atoms with E-state index in [0.29, 0.717) is 36.3 Å². The van der Waals surface area contributed by atoms with Crippen molar-refractivity contribution in [2.24, 2.45) is 24.8 Å². The van der Waals surface area contributed by atoms with Gasteiger partial charge in [0.2, 0.25) is 0 Å². The van der Waals surface area contributed by atoms with Crippen molar-refractivity contribution < 1.29 is 23.6 Å². The third kappa shape index (κ3) is 13.5. The number of fused-ring (bicyclic) bond motifs is 3. The molecule has 2 aromatic carbocycles. The number of benzene rings is 2. The predicted molar refractivity (Wildman–Crippen MR) is 271 cm³/mol. The van der Waals surface area contributed by atoms with Gasteiger partial charge in [-0.05, 0) is 126 Å². The molecule has 0 aliphatic carbocycles. The van der Waals surface area contributed by atoms with Gasteiger partial charge in [-0.2, -0.15) is 0 Å². The van der Waals surface area contributed by atoms with Crippen LogP contribution in [0.15, 0.2) is 78.4 Å². The van der Waals surface area contributed by atoms with Crippen LogP contribution in [0.25, 0.3) is 27.4 Å². The molecule has 0 bridgehead atoms. The molecule has 66 heavy (non-hydrogen) atoms. The van der Waals surface area contributed by atoms with Gasteiger partial charge in [0.05, 0.1) is 11.2 Å². The highest BCUT2D eigenvalue weighted by molar-refractivity contribution is 6.10. The lowest BCUT2D eigenvalue weighted by atomic mass is 9.92. The number of nitrogens with zero attached hydrogens (tertiary/aromatic N) is 5. The minimum Gasteiger partial charge on any atom is -0.369 e. The van der Waals surface area contributed by atoms with Crippen molar-refractivity contribution in [3.8, 4) is 0 Å². The van der Waals surface area contributed by atoms with Crippen LogP contribution in [-0.4, -0.2) is 88.3 Å². The van der Waals surface area contributed by atoms with Gasteiger partial charge >= 0.3 is 0 Å². The molecule has 0 radical (unpaired) electrons. The molecule has 4 aromatic rings. The summed E-state index contributed by atoms with van der Waals surface area (Å²) in [6.45, 7) is 23.4. The maximum Gasteiger partial charge on any atom is 0.166 e. The molecule has 1 unspecified atom stereocenters. The maximum atomic E-state index is 16.4.